The molecule has 3 heterocycles. The molecular weight excluding hydrogens is 290 g/mol. The first kappa shape index (κ1) is 15.5. The van der Waals surface area contributed by atoms with E-state index in [0.29, 0.717) is 5.95 Å². The van der Waals surface area contributed by atoms with Crippen molar-refractivity contribution in [3.63, 3.8) is 0 Å². The monoisotopic (exact) mass is 313 g/mol. The largest absolute Gasteiger partial charge is 0.354 e. The molecular formula is C16H23N7. The number of nitrogens with one attached hydrogen (secondary N) is 1. The number of fused-ring (bicyclic) bond motifs is 1. The zero-order valence-electron chi connectivity index (χ0n) is 13.7. The van der Waals surface area contributed by atoms with Crippen LogP contribution in [0.5, 0.6) is 0 Å². The second kappa shape index (κ2) is 7.21. The second-order valence-electron chi connectivity index (χ2n) is 5.58. The highest BCUT2D eigenvalue weighted by atomic mass is 15.2. The summed E-state index contributed by atoms with van der Waals surface area (Å²) in [6, 6.07) is 0. The van der Waals surface area contributed by atoms with Crippen LogP contribution in [-0.2, 0) is 6.54 Å². The number of aryl methyl sites for hydroxylation is 1. The number of unbranched alkanes of at least 4 members (excludes halogenated alkanes) is 2. The third-order valence-electron chi connectivity index (χ3n) is 3.76. The average Bonchev–Trinajstić information content (AvgIpc) is 3.22. The number of hydrogen-bond acceptors (Lipinski definition) is 5. The van der Waals surface area contributed by atoms with Gasteiger partial charge < -0.3 is 9.88 Å². The first-order valence-corrected chi connectivity index (χ1v) is 8.28. The van der Waals surface area contributed by atoms with E-state index < -0.39 is 0 Å². The lowest BCUT2D eigenvalue weighted by Gasteiger charge is -2.09. The van der Waals surface area contributed by atoms with Crippen molar-refractivity contribution in [1.29, 1.82) is 0 Å². The third kappa shape index (κ3) is 3.33. The third-order valence-corrected chi connectivity index (χ3v) is 3.76. The average molecular weight is 313 g/mol. The van der Waals surface area contributed by atoms with Gasteiger partial charge in [0.05, 0.1) is 6.33 Å². The lowest BCUT2D eigenvalue weighted by atomic mass is 10.3. The molecule has 3 aromatic rings. The fourth-order valence-corrected chi connectivity index (χ4v) is 2.44. The molecule has 0 spiro atoms. The Morgan fingerprint density at radius 2 is 1.96 bits per heavy atom. The van der Waals surface area contributed by atoms with E-state index >= 15 is 0 Å². The topological polar surface area (TPSA) is 73.5 Å². The molecule has 1 N–H and O–H groups in total. The molecule has 0 aliphatic carbocycles. The first-order valence-electron chi connectivity index (χ1n) is 8.28. The summed E-state index contributed by atoms with van der Waals surface area (Å²) in [7, 11) is 0. The molecule has 23 heavy (non-hydrogen) atoms. The Morgan fingerprint density at radius 1 is 1.09 bits per heavy atom. The summed E-state index contributed by atoms with van der Waals surface area (Å²) < 4.78 is 3.98. The van der Waals surface area contributed by atoms with Gasteiger partial charge in [-0.1, -0.05) is 26.7 Å². The Balaban J connectivity index is 2.02. The molecule has 0 aliphatic rings. The quantitative estimate of drug-likeness (QED) is 0.647. The van der Waals surface area contributed by atoms with Crippen LogP contribution < -0.4 is 5.32 Å². The van der Waals surface area contributed by atoms with Crippen molar-refractivity contribution in [3.05, 3.63) is 25.0 Å². The predicted molar refractivity (Wildman–Crippen MR) is 90.8 cm³/mol. The standard InChI is InChI=1S/C16H23N7/c1-3-5-7-18-16-20-14-13(19-12-22(14)9-6-4-2)15(21-16)23-10-8-17-11-23/h8,10-12H,3-7,9H2,1-2H3,(H,18,20,21). The Kier molecular flexibility index (Phi) is 4.85. The molecule has 3 rings (SSSR count). The Morgan fingerprint density at radius 3 is 2.70 bits per heavy atom. The van der Waals surface area contributed by atoms with Crippen LogP contribution in [0.1, 0.15) is 39.5 Å². The summed E-state index contributed by atoms with van der Waals surface area (Å²) >= 11 is 0. The summed E-state index contributed by atoms with van der Waals surface area (Å²) in [6.07, 6.45) is 11.7. The molecule has 0 radical (unpaired) electrons. The first-order chi connectivity index (χ1) is 11.3. The zero-order chi connectivity index (χ0) is 16.1. The van der Waals surface area contributed by atoms with Crippen LogP contribution in [0.25, 0.3) is 17.0 Å². The van der Waals surface area contributed by atoms with E-state index in [4.69, 9.17) is 0 Å². The van der Waals surface area contributed by atoms with Crippen LogP contribution in [0.2, 0.25) is 0 Å². The molecule has 3 aromatic heterocycles. The van der Waals surface area contributed by atoms with Crippen LogP contribution in [0.3, 0.4) is 0 Å². The van der Waals surface area contributed by atoms with Crippen LogP contribution in [0, 0.1) is 0 Å². The highest BCUT2D eigenvalue weighted by molar-refractivity contribution is 5.80. The van der Waals surface area contributed by atoms with Gasteiger partial charge in [-0.2, -0.15) is 9.97 Å². The number of aromatic nitrogens is 6. The number of rotatable bonds is 8. The van der Waals surface area contributed by atoms with Crippen molar-refractivity contribution in [2.75, 3.05) is 11.9 Å². The van der Waals surface area contributed by atoms with Gasteiger partial charge in [0.1, 0.15) is 6.33 Å². The minimum atomic E-state index is 0.646. The van der Waals surface area contributed by atoms with Crippen LogP contribution in [0.15, 0.2) is 25.0 Å². The van der Waals surface area contributed by atoms with Gasteiger partial charge in [0.2, 0.25) is 5.95 Å². The summed E-state index contributed by atoms with van der Waals surface area (Å²) in [5.41, 5.74) is 1.68. The van der Waals surface area contributed by atoms with Gasteiger partial charge in [0, 0.05) is 25.5 Å². The van der Waals surface area contributed by atoms with Crippen molar-refractivity contribution in [3.8, 4) is 5.82 Å². The zero-order valence-corrected chi connectivity index (χ0v) is 13.7. The highest BCUT2D eigenvalue weighted by Crippen LogP contribution is 2.20. The Labute approximate surface area is 135 Å². The van der Waals surface area contributed by atoms with Crippen LogP contribution >= 0.6 is 0 Å². The molecule has 122 valence electrons. The van der Waals surface area contributed by atoms with E-state index in [1.54, 1.807) is 12.5 Å². The smallest absolute Gasteiger partial charge is 0.226 e. The molecule has 0 aliphatic heterocycles. The van der Waals surface area contributed by atoms with Crippen LogP contribution in [-0.4, -0.2) is 35.6 Å². The molecule has 0 saturated carbocycles. The maximum Gasteiger partial charge on any atom is 0.226 e. The van der Waals surface area contributed by atoms with Crippen molar-refractivity contribution in [2.24, 2.45) is 0 Å². The molecule has 0 atom stereocenters. The van der Waals surface area contributed by atoms with Gasteiger partial charge >= 0.3 is 0 Å². The fraction of sp³-hybridized carbons (Fsp3) is 0.500. The minimum absolute atomic E-state index is 0.646. The van der Waals surface area contributed by atoms with E-state index in [1.807, 2.05) is 17.1 Å². The molecule has 0 aromatic carbocycles. The molecule has 0 unspecified atom stereocenters. The fourth-order valence-electron chi connectivity index (χ4n) is 2.44. The van der Waals surface area contributed by atoms with E-state index in [-0.39, 0.29) is 0 Å². The number of imidazole rings is 2. The van der Waals surface area contributed by atoms with Crippen molar-refractivity contribution >= 4 is 17.1 Å². The van der Waals surface area contributed by atoms with E-state index in [1.165, 1.54) is 0 Å². The molecule has 0 amide bonds. The lowest BCUT2D eigenvalue weighted by molar-refractivity contribution is 0.641. The van der Waals surface area contributed by atoms with Gasteiger partial charge in [-0.05, 0) is 12.8 Å². The van der Waals surface area contributed by atoms with Gasteiger partial charge in [-0.3, -0.25) is 4.57 Å². The van der Waals surface area contributed by atoms with Crippen molar-refractivity contribution in [1.82, 2.24) is 29.1 Å². The summed E-state index contributed by atoms with van der Waals surface area (Å²) in [5.74, 6) is 1.41. The summed E-state index contributed by atoms with van der Waals surface area (Å²) in [5, 5.41) is 3.32. The van der Waals surface area contributed by atoms with Crippen molar-refractivity contribution < 1.29 is 0 Å². The summed E-state index contributed by atoms with van der Waals surface area (Å²) in [6.45, 7) is 6.14. The summed E-state index contributed by atoms with van der Waals surface area (Å²) in [4.78, 5) is 17.9. The van der Waals surface area contributed by atoms with Gasteiger partial charge in [-0.25, -0.2) is 9.97 Å². The second-order valence-corrected chi connectivity index (χ2v) is 5.58. The molecule has 0 fully saturated rings. The molecule has 7 heteroatoms. The van der Waals surface area contributed by atoms with Gasteiger partial charge in [0.25, 0.3) is 0 Å². The molecule has 0 saturated heterocycles. The van der Waals surface area contributed by atoms with Crippen molar-refractivity contribution in [2.45, 2.75) is 46.1 Å². The maximum atomic E-state index is 4.67. The Hall–Kier alpha value is -2.44. The van der Waals surface area contributed by atoms with Gasteiger partial charge in [0.15, 0.2) is 17.0 Å². The number of anilines is 1. The van der Waals surface area contributed by atoms with E-state index in [0.717, 1.165) is 55.8 Å². The normalized spacial score (nSPS) is 11.2. The van der Waals surface area contributed by atoms with E-state index in [2.05, 4.69) is 43.7 Å². The maximum absolute atomic E-state index is 4.67. The Bertz CT molecular complexity index is 745. The van der Waals surface area contributed by atoms with Gasteiger partial charge in [-0.15, -0.1) is 0 Å². The number of nitrogens with zero attached hydrogens (tertiary/aromatic N) is 6. The molecule has 7 nitrogen and oxygen atoms in total. The molecule has 0 bridgehead atoms. The lowest BCUT2D eigenvalue weighted by Crippen LogP contribution is -2.09. The highest BCUT2D eigenvalue weighted by Gasteiger charge is 2.14. The van der Waals surface area contributed by atoms with Crippen LogP contribution in [0.4, 0.5) is 5.95 Å². The predicted octanol–water partition coefficient (Wildman–Crippen LogP) is 3.02. The SMILES string of the molecule is CCCCNc1nc(-n2ccnc2)c2ncn(CCCC)c2n1. The van der Waals surface area contributed by atoms with E-state index in [9.17, 15) is 0 Å². The minimum Gasteiger partial charge on any atom is -0.354 e. The number of hydrogen-bond donors (Lipinski definition) is 1.